The standard InChI is InChI=1S/C16H23ClN2O2/c1-19-11-4-5-12(19)7-10(6-11)18-14-9-15(20-2)13(17)8-16(14)21-3/h8-12,18H,4-7H2,1-3H3. The van der Waals surface area contributed by atoms with E-state index in [0.717, 1.165) is 11.4 Å². The fourth-order valence-electron chi connectivity index (χ4n) is 3.72. The molecule has 2 atom stereocenters. The quantitative estimate of drug-likeness (QED) is 0.924. The van der Waals surface area contributed by atoms with Crippen LogP contribution < -0.4 is 14.8 Å². The molecule has 0 aromatic heterocycles. The molecule has 2 bridgehead atoms. The van der Waals surface area contributed by atoms with Crippen LogP contribution in [0.25, 0.3) is 0 Å². The Bertz CT molecular complexity index is 509. The third-order valence-electron chi connectivity index (χ3n) is 4.93. The van der Waals surface area contributed by atoms with E-state index in [9.17, 15) is 0 Å². The van der Waals surface area contributed by atoms with Crippen molar-refractivity contribution in [3.05, 3.63) is 17.2 Å². The predicted octanol–water partition coefficient (Wildman–Crippen LogP) is 3.39. The van der Waals surface area contributed by atoms with Gasteiger partial charge in [0.25, 0.3) is 0 Å². The van der Waals surface area contributed by atoms with E-state index in [2.05, 4.69) is 17.3 Å². The molecule has 116 valence electrons. The van der Waals surface area contributed by atoms with Gasteiger partial charge < -0.3 is 19.7 Å². The van der Waals surface area contributed by atoms with Gasteiger partial charge in [-0.1, -0.05) is 11.6 Å². The van der Waals surface area contributed by atoms with Gasteiger partial charge in [0.2, 0.25) is 0 Å². The van der Waals surface area contributed by atoms with Gasteiger partial charge in [-0.05, 0) is 32.7 Å². The molecule has 2 heterocycles. The van der Waals surface area contributed by atoms with Gasteiger partial charge in [-0.15, -0.1) is 0 Å². The Kier molecular flexibility index (Phi) is 4.18. The number of hydrogen-bond donors (Lipinski definition) is 1. The molecule has 0 aliphatic carbocycles. The van der Waals surface area contributed by atoms with E-state index in [0.29, 0.717) is 28.9 Å². The van der Waals surface area contributed by atoms with Crippen LogP contribution in [0.15, 0.2) is 12.1 Å². The maximum atomic E-state index is 6.16. The summed E-state index contributed by atoms with van der Waals surface area (Å²) in [6, 6.07) is 5.65. The summed E-state index contributed by atoms with van der Waals surface area (Å²) in [5.74, 6) is 1.45. The minimum Gasteiger partial charge on any atom is -0.495 e. The first-order valence-electron chi connectivity index (χ1n) is 7.52. The number of hydrogen-bond acceptors (Lipinski definition) is 4. The van der Waals surface area contributed by atoms with Crippen molar-refractivity contribution in [2.24, 2.45) is 0 Å². The summed E-state index contributed by atoms with van der Waals surface area (Å²) in [6.07, 6.45) is 5.00. The Morgan fingerprint density at radius 3 is 2.29 bits per heavy atom. The van der Waals surface area contributed by atoms with Crippen LogP contribution in [0.4, 0.5) is 5.69 Å². The second-order valence-corrected chi connectivity index (χ2v) is 6.46. The molecule has 0 amide bonds. The molecule has 2 unspecified atom stereocenters. The number of halogens is 1. The lowest BCUT2D eigenvalue weighted by atomic mass is 9.97. The highest BCUT2D eigenvalue weighted by Crippen LogP contribution is 2.39. The van der Waals surface area contributed by atoms with Crippen molar-refractivity contribution in [3.8, 4) is 11.5 Å². The van der Waals surface area contributed by atoms with Crippen LogP contribution >= 0.6 is 11.6 Å². The largest absolute Gasteiger partial charge is 0.495 e. The van der Waals surface area contributed by atoms with Gasteiger partial charge in [-0.2, -0.15) is 0 Å². The fraction of sp³-hybridized carbons (Fsp3) is 0.625. The van der Waals surface area contributed by atoms with E-state index in [1.165, 1.54) is 25.7 Å². The van der Waals surface area contributed by atoms with Crippen LogP contribution in [0, 0.1) is 0 Å². The molecule has 2 aliphatic rings. The SMILES string of the molecule is COc1cc(NC2CC3CCC(C2)N3C)c(OC)cc1Cl. The maximum Gasteiger partial charge on any atom is 0.143 e. The Hall–Kier alpha value is -1.13. The highest BCUT2D eigenvalue weighted by molar-refractivity contribution is 6.32. The molecule has 0 radical (unpaired) electrons. The van der Waals surface area contributed by atoms with Crippen molar-refractivity contribution < 1.29 is 9.47 Å². The van der Waals surface area contributed by atoms with E-state index in [1.807, 2.05) is 12.1 Å². The van der Waals surface area contributed by atoms with Gasteiger partial charge in [0.15, 0.2) is 0 Å². The Morgan fingerprint density at radius 2 is 1.71 bits per heavy atom. The number of nitrogens with one attached hydrogen (secondary N) is 1. The third kappa shape index (κ3) is 2.79. The summed E-state index contributed by atoms with van der Waals surface area (Å²) in [7, 11) is 5.55. The molecule has 2 saturated heterocycles. The van der Waals surface area contributed by atoms with E-state index < -0.39 is 0 Å². The molecule has 5 heteroatoms. The predicted molar refractivity (Wildman–Crippen MR) is 85.8 cm³/mol. The van der Waals surface area contributed by atoms with E-state index in [-0.39, 0.29) is 0 Å². The first-order valence-corrected chi connectivity index (χ1v) is 7.90. The van der Waals surface area contributed by atoms with E-state index >= 15 is 0 Å². The Balaban J connectivity index is 1.78. The van der Waals surface area contributed by atoms with Gasteiger partial charge in [-0.3, -0.25) is 0 Å². The molecule has 2 fully saturated rings. The van der Waals surface area contributed by atoms with Gasteiger partial charge in [0.05, 0.1) is 24.9 Å². The number of piperidine rings is 1. The lowest BCUT2D eigenvalue weighted by Gasteiger charge is -2.37. The van der Waals surface area contributed by atoms with Crippen LogP contribution in [0.2, 0.25) is 5.02 Å². The highest BCUT2D eigenvalue weighted by atomic mass is 35.5. The molecule has 0 spiro atoms. The van der Waals surface area contributed by atoms with Crippen molar-refractivity contribution in [3.63, 3.8) is 0 Å². The van der Waals surface area contributed by atoms with Crippen LogP contribution in [0.3, 0.4) is 0 Å². The fourth-order valence-corrected chi connectivity index (χ4v) is 3.95. The molecule has 0 saturated carbocycles. The molecular formula is C16H23ClN2O2. The minimum absolute atomic E-state index is 0.485. The van der Waals surface area contributed by atoms with Gasteiger partial charge in [-0.25, -0.2) is 0 Å². The molecule has 1 N–H and O–H groups in total. The number of methoxy groups -OCH3 is 2. The second kappa shape index (κ2) is 5.93. The lowest BCUT2D eigenvalue weighted by molar-refractivity contribution is 0.169. The minimum atomic E-state index is 0.485. The van der Waals surface area contributed by atoms with Gasteiger partial charge >= 0.3 is 0 Å². The van der Waals surface area contributed by atoms with Crippen molar-refractivity contribution in [1.82, 2.24) is 4.90 Å². The average molecular weight is 311 g/mol. The summed E-state index contributed by atoms with van der Waals surface area (Å²) < 4.78 is 10.8. The molecule has 21 heavy (non-hydrogen) atoms. The first kappa shape index (κ1) is 14.8. The zero-order chi connectivity index (χ0) is 15.0. The van der Waals surface area contributed by atoms with Crippen molar-refractivity contribution in [1.29, 1.82) is 0 Å². The van der Waals surface area contributed by atoms with E-state index in [1.54, 1.807) is 14.2 Å². The van der Waals surface area contributed by atoms with Crippen LogP contribution in [-0.4, -0.2) is 44.3 Å². The smallest absolute Gasteiger partial charge is 0.143 e. The lowest BCUT2D eigenvalue weighted by Crippen LogP contribution is -2.44. The Morgan fingerprint density at radius 1 is 1.10 bits per heavy atom. The summed E-state index contributed by atoms with van der Waals surface area (Å²) in [6.45, 7) is 0. The van der Waals surface area contributed by atoms with Crippen LogP contribution in [0.1, 0.15) is 25.7 Å². The molecule has 3 rings (SSSR count). The molecule has 4 nitrogen and oxygen atoms in total. The van der Waals surface area contributed by atoms with Crippen LogP contribution in [-0.2, 0) is 0 Å². The number of anilines is 1. The first-order chi connectivity index (χ1) is 10.1. The number of ether oxygens (including phenoxy) is 2. The number of nitrogens with zero attached hydrogens (tertiary/aromatic N) is 1. The summed E-state index contributed by atoms with van der Waals surface area (Å²) in [4.78, 5) is 2.54. The molecule has 1 aromatic rings. The zero-order valence-corrected chi connectivity index (χ0v) is 13.6. The number of rotatable bonds is 4. The Labute approximate surface area is 131 Å². The highest BCUT2D eigenvalue weighted by Gasteiger charge is 2.38. The summed E-state index contributed by atoms with van der Waals surface area (Å²) >= 11 is 6.16. The third-order valence-corrected chi connectivity index (χ3v) is 5.23. The zero-order valence-electron chi connectivity index (χ0n) is 12.9. The van der Waals surface area contributed by atoms with Crippen molar-refractivity contribution in [2.75, 3.05) is 26.6 Å². The van der Waals surface area contributed by atoms with E-state index in [4.69, 9.17) is 21.1 Å². The number of benzene rings is 1. The van der Waals surface area contributed by atoms with Crippen molar-refractivity contribution in [2.45, 2.75) is 43.8 Å². The van der Waals surface area contributed by atoms with Crippen molar-refractivity contribution >= 4 is 17.3 Å². The monoisotopic (exact) mass is 310 g/mol. The topological polar surface area (TPSA) is 33.7 Å². The number of fused-ring (bicyclic) bond motifs is 2. The average Bonchev–Trinajstić information content (AvgIpc) is 2.71. The molecule has 2 aliphatic heterocycles. The van der Waals surface area contributed by atoms with Gasteiger partial charge in [0, 0.05) is 30.3 Å². The normalized spacial score (nSPS) is 28.5. The van der Waals surface area contributed by atoms with Crippen LogP contribution in [0.5, 0.6) is 11.5 Å². The second-order valence-electron chi connectivity index (χ2n) is 6.05. The van der Waals surface area contributed by atoms with Gasteiger partial charge in [0.1, 0.15) is 11.5 Å². The molecular weight excluding hydrogens is 288 g/mol. The summed E-state index contributed by atoms with van der Waals surface area (Å²) in [5, 5.41) is 4.21. The summed E-state index contributed by atoms with van der Waals surface area (Å²) in [5.41, 5.74) is 0.965. The molecule has 1 aromatic carbocycles. The maximum absolute atomic E-state index is 6.16.